The van der Waals surface area contributed by atoms with Gasteiger partial charge in [-0.05, 0) is 0 Å². The summed E-state index contributed by atoms with van der Waals surface area (Å²) in [6.45, 7) is 0. The first kappa shape index (κ1) is 4.11. The minimum atomic E-state index is -1.13. The molecule has 7 heavy (non-hydrogen) atoms. The second kappa shape index (κ2) is 1.12. The molecule has 2 fully saturated rings. The average Bonchev–Trinajstić information content (AvgIpc) is 2.15. The number of ether oxygens (including phenoxy) is 1. The Kier molecular flexibility index (Phi) is 0.658. The van der Waals surface area contributed by atoms with Crippen molar-refractivity contribution in [2.75, 3.05) is 12.3 Å². The van der Waals surface area contributed by atoms with E-state index in [2.05, 4.69) is 0 Å². The largest absolute Gasteiger partial charge is 0.369 e. The van der Waals surface area contributed by atoms with E-state index in [1.807, 2.05) is 0 Å². The molecule has 2 heterocycles. The molecule has 0 spiro atoms. The van der Waals surface area contributed by atoms with Crippen LogP contribution in [0.2, 0.25) is 0 Å². The van der Waals surface area contributed by atoms with Crippen molar-refractivity contribution < 1.29 is 9.30 Å². The zero-order valence-electron chi connectivity index (χ0n) is 3.89. The molecule has 3 heteroatoms. The Morgan fingerprint density at radius 2 is 2.00 bits per heavy atom. The third-order valence-electron chi connectivity index (χ3n) is 1.55. The zero-order valence-corrected chi connectivity index (χ0v) is 4.89. The molecule has 0 aromatic rings. The summed E-state index contributed by atoms with van der Waals surface area (Å²) in [7, 11) is -1.13. The number of fused-ring (bicyclic) bond motifs is 1. The van der Waals surface area contributed by atoms with E-state index in [0.717, 1.165) is 12.3 Å². The van der Waals surface area contributed by atoms with Gasteiger partial charge >= 0.3 is 0 Å². The molecule has 0 aromatic carbocycles. The van der Waals surface area contributed by atoms with Crippen LogP contribution in [0.3, 0.4) is 0 Å². The van der Waals surface area contributed by atoms with E-state index in [1.165, 1.54) is 0 Å². The fraction of sp³-hybridized carbons (Fsp3) is 1.00. The third kappa shape index (κ3) is 0.540. The third-order valence-corrected chi connectivity index (χ3v) is 3.26. The molecular formula is C4H7O2P. The molecule has 2 saturated heterocycles. The second-order valence-corrected chi connectivity index (χ2v) is 4.05. The highest BCUT2D eigenvalue weighted by Gasteiger charge is 2.46. The summed E-state index contributed by atoms with van der Waals surface area (Å²) in [5.74, 6) is 0. The van der Waals surface area contributed by atoms with Crippen molar-refractivity contribution >= 4 is 7.80 Å². The van der Waals surface area contributed by atoms with Gasteiger partial charge in [-0.1, -0.05) is 0 Å². The number of hydrogen-bond donors (Lipinski definition) is 0. The predicted molar refractivity (Wildman–Crippen MR) is 27.4 cm³/mol. The summed E-state index contributed by atoms with van der Waals surface area (Å²) in [5, 5.41) is 0. The average molecular weight is 118 g/mol. The number of epoxide rings is 1. The Morgan fingerprint density at radius 3 is 2.29 bits per heavy atom. The van der Waals surface area contributed by atoms with Crippen LogP contribution in [0.1, 0.15) is 0 Å². The van der Waals surface area contributed by atoms with Crippen LogP contribution < -0.4 is 0 Å². The highest BCUT2D eigenvalue weighted by Crippen LogP contribution is 2.44. The van der Waals surface area contributed by atoms with Gasteiger partial charge < -0.3 is 9.30 Å². The lowest BCUT2D eigenvalue weighted by atomic mass is 10.4. The standard InChI is InChI=1S/C4H7O2P/c5-7-1-3-4(2-7)6-3/h3-4,7H,1-2H2. The van der Waals surface area contributed by atoms with Crippen molar-refractivity contribution in [1.29, 1.82) is 0 Å². The molecule has 0 aliphatic carbocycles. The van der Waals surface area contributed by atoms with Gasteiger partial charge in [-0.2, -0.15) is 0 Å². The van der Waals surface area contributed by atoms with Crippen molar-refractivity contribution in [2.24, 2.45) is 0 Å². The monoisotopic (exact) mass is 118 g/mol. The lowest BCUT2D eigenvalue weighted by Gasteiger charge is -1.85. The van der Waals surface area contributed by atoms with E-state index in [4.69, 9.17) is 4.74 Å². The lowest BCUT2D eigenvalue weighted by Crippen LogP contribution is -1.82. The van der Waals surface area contributed by atoms with Crippen LogP contribution >= 0.6 is 7.80 Å². The zero-order chi connectivity index (χ0) is 4.85. The molecule has 2 rings (SSSR count). The Bertz CT molecular complexity index is 111. The molecule has 2 atom stereocenters. The molecule has 0 radical (unpaired) electrons. The first-order chi connectivity index (χ1) is 3.36. The molecule has 0 amide bonds. The molecule has 2 aliphatic heterocycles. The van der Waals surface area contributed by atoms with Gasteiger partial charge in [-0.15, -0.1) is 0 Å². The van der Waals surface area contributed by atoms with Crippen LogP contribution in [0.5, 0.6) is 0 Å². The fourth-order valence-electron chi connectivity index (χ4n) is 1.07. The van der Waals surface area contributed by atoms with Gasteiger partial charge in [0.1, 0.15) is 0 Å². The number of rotatable bonds is 0. The molecule has 0 N–H and O–H groups in total. The summed E-state index contributed by atoms with van der Waals surface area (Å²) in [6.07, 6.45) is 2.59. The Morgan fingerprint density at radius 1 is 1.43 bits per heavy atom. The van der Waals surface area contributed by atoms with Crippen molar-refractivity contribution in [1.82, 2.24) is 0 Å². The molecular weight excluding hydrogens is 111 g/mol. The van der Waals surface area contributed by atoms with Crippen molar-refractivity contribution in [3.8, 4) is 0 Å². The van der Waals surface area contributed by atoms with Crippen LogP contribution in [-0.2, 0) is 9.30 Å². The molecule has 0 aromatic heterocycles. The topological polar surface area (TPSA) is 29.6 Å². The van der Waals surface area contributed by atoms with Gasteiger partial charge in [0.15, 0.2) is 0 Å². The van der Waals surface area contributed by atoms with E-state index >= 15 is 0 Å². The van der Waals surface area contributed by atoms with Gasteiger partial charge in [0, 0.05) is 12.3 Å². The van der Waals surface area contributed by atoms with Crippen molar-refractivity contribution in [2.45, 2.75) is 12.2 Å². The van der Waals surface area contributed by atoms with Crippen LogP contribution in [0.25, 0.3) is 0 Å². The first-order valence-corrected chi connectivity index (χ1v) is 4.35. The van der Waals surface area contributed by atoms with Crippen LogP contribution in [0, 0.1) is 0 Å². The highest BCUT2D eigenvalue weighted by atomic mass is 31.1. The van der Waals surface area contributed by atoms with Crippen LogP contribution in [-0.4, -0.2) is 24.5 Å². The molecule has 40 valence electrons. The summed E-state index contributed by atoms with van der Waals surface area (Å²) >= 11 is 0. The van der Waals surface area contributed by atoms with E-state index < -0.39 is 7.80 Å². The maximum atomic E-state index is 10.6. The first-order valence-electron chi connectivity index (χ1n) is 2.53. The second-order valence-electron chi connectivity index (χ2n) is 2.16. The van der Waals surface area contributed by atoms with E-state index in [9.17, 15) is 4.57 Å². The van der Waals surface area contributed by atoms with E-state index in [1.54, 1.807) is 0 Å². The fourth-order valence-corrected chi connectivity index (χ4v) is 2.85. The van der Waals surface area contributed by atoms with Crippen LogP contribution in [0.4, 0.5) is 0 Å². The van der Waals surface area contributed by atoms with Crippen molar-refractivity contribution in [3.05, 3.63) is 0 Å². The Hall–Kier alpha value is 0.190. The van der Waals surface area contributed by atoms with Gasteiger partial charge in [-0.25, -0.2) is 0 Å². The molecule has 2 aliphatic rings. The van der Waals surface area contributed by atoms with Crippen molar-refractivity contribution in [3.63, 3.8) is 0 Å². The van der Waals surface area contributed by atoms with Gasteiger partial charge in [-0.3, -0.25) is 0 Å². The van der Waals surface area contributed by atoms with Gasteiger partial charge in [0.2, 0.25) is 0 Å². The summed E-state index contributed by atoms with van der Waals surface area (Å²) in [5.41, 5.74) is 0. The Labute approximate surface area is 42.6 Å². The smallest absolute Gasteiger partial charge is 0.0912 e. The molecule has 0 bridgehead atoms. The molecule has 0 saturated carbocycles. The molecule has 2 unspecified atom stereocenters. The maximum absolute atomic E-state index is 10.6. The summed E-state index contributed by atoms with van der Waals surface area (Å²) in [4.78, 5) is 0. The summed E-state index contributed by atoms with van der Waals surface area (Å²) in [6, 6.07) is 0. The normalized spacial score (nSPS) is 56.9. The maximum Gasteiger partial charge on any atom is 0.0912 e. The van der Waals surface area contributed by atoms with Crippen LogP contribution in [0.15, 0.2) is 0 Å². The predicted octanol–water partition coefficient (Wildman–Crippen LogP) is 0.327. The van der Waals surface area contributed by atoms with Gasteiger partial charge in [0.25, 0.3) is 0 Å². The van der Waals surface area contributed by atoms with E-state index in [-0.39, 0.29) is 0 Å². The van der Waals surface area contributed by atoms with E-state index in [0.29, 0.717) is 12.2 Å². The summed E-state index contributed by atoms with van der Waals surface area (Å²) < 4.78 is 15.6. The highest BCUT2D eigenvalue weighted by molar-refractivity contribution is 7.45. The lowest BCUT2D eigenvalue weighted by molar-refractivity contribution is 0.382. The SMILES string of the molecule is O=[PH]1CC2OC2C1. The Balaban J connectivity index is 2.14. The quantitative estimate of drug-likeness (QED) is 0.339. The molecule has 2 nitrogen and oxygen atoms in total. The number of hydrogen-bond acceptors (Lipinski definition) is 2. The minimum Gasteiger partial charge on any atom is -0.369 e. The minimum absolute atomic E-state index is 0.423. The van der Waals surface area contributed by atoms with Gasteiger partial charge in [0.05, 0.1) is 20.0 Å².